The summed E-state index contributed by atoms with van der Waals surface area (Å²) in [5, 5.41) is 12.6. The number of methoxy groups -OCH3 is 2. The van der Waals surface area contributed by atoms with Gasteiger partial charge in [-0.25, -0.2) is 0 Å². The number of nitrogens with two attached hydrogens (primary N) is 6. The molecule has 4 amide bonds. The molecule has 0 atom stereocenters. The Morgan fingerprint density at radius 3 is 1.41 bits per heavy atom. The fourth-order valence-corrected chi connectivity index (χ4v) is 7.64. The number of unbranched alkanes of at least 4 members (excludes halogenated alkanes) is 2. The number of alkyl halides is 6. The molecule has 0 saturated carbocycles. The van der Waals surface area contributed by atoms with Crippen LogP contribution in [-0.2, 0) is 21.9 Å². The molecule has 0 unspecified atom stereocenters. The van der Waals surface area contributed by atoms with E-state index in [2.05, 4.69) is 31.6 Å². The standard InChI is InChI=1S/C40H54F6N12O6S2/c1-63-29-20-30(64-2)24(36(62)58-28-18-22(40(44,45)46)16-26(34(28)66-14-10-48)56-32(60)8-4-6-12-54-38(51)52)19-23(29)35(61)57-27-17-21(39(41,42)43)15-25(33(27)65-13-9-47)55-31(59)7-3-5-11-53-37(49)50/h15-20,37,53H,3-14,47-50H2,1-2H3,(H,55,59)(H,56,60)(H,57,61)(H,58,62)(H4,51,52,54). The van der Waals surface area contributed by atoms with E-state index in [9.17, 15) is 45.5 Å². The van der Waals surface area contributed by atoms with Crippen LogP contribution < -0.4 is 70.5 Å². The van der Waals surface area contributed by atoms with Gasteiger partial charge in [-0.05, 0) is 62.6 Å². The van der Waals surface area contributed by atoms with Gasteiger partial charge in [-0.3, -0.25) is 29.5 Å². The molecule has 0 bridgehead atoms. The van der Waals surface area contributed by atoms with Crippen LogP contribution in [0, 0.1) is 0 Å². The van der Waals surface area contributed by atoms with Crippen molar-refractivity contribution in [3.05, 3.63) is 58.7 Å². The van der Waals surface area contributed by atoms with Crippen LogP contribution in [0.3, 0.4) is 0 Å². The van der Waals surface area contributed by atoms with Crippen molar-refractivity contribution < 1.29 is 55.0 Å². The largest absolute Gasteiger partial charge is 0.496 e. The van der Waals surface area contributed by atoms with Crippen molar-refractivity contribution in [1.29, 1.82) is 0 Å². The third-order valence-electron chi connectivity index (χ3n) is 8.93. The average molecular weight is 977 g/mol. The summed E-state index contributed by atoms with van der Waals surface area (Å²) in [5.74, 6) is -3.75. The normalized spacial score (nSPS) is 11.5. The maximum Gasteiger partial charge on any atom is 0.416 e. The first-order valence-corrected chi connectivity index (χ1v) is 22.0. The second-order valence-electron chi connectivity index (χ2n) is 14.0. The molecule has 0 aliphatic carbocycles. The van der Waals surface area contributed by atoms with E-state index in [1.807, 2.05) is 0 Å². The molecule has 0 radical (unpaired) electrons. The van der Waals surface area contributed by atoms with Gasteiger partial charge in [-0.1, -0.05) is 0 Å². The number of anilines is 4. The summed E-state index contributed by atoms with van der Waals surface area (Å²) < 4.78 is 96.7. The predicted molar refractivity (Wildman–Crippen MR) is 244 cm³/mol. The third kappa shape index (κ3) is 17.0. The number of aliphatic imine (C=N–C) groups is 1. The Hall–Kier alpha value is -5.51. The van der Waals surface area contributed by atoms with Crippen LogP contribution in [0.1, 0.15) is 70.4 Å². The first kappa shape index (κ1) is 54.8. The van der Waals surface area contributed by atoms with E-state index in [1.165, 1.54) is 0 Å². The van der Waals surface area contributed by atoms with Crippen molar-refractivity contribution in [1.82, 2.24) is 5.32 Å². The minimum absolute atomic E-state index is 0.0180. The topological polar surface area (TPSA) is 315 Å². The first-order chi connectivity index (χ1) is 31.1. The summed E-state index contributed by atoms with van der Waals surface area (Å²) in [6.07, 6.45) is -9.39. The number of carbonyl (C=O) groups excluding carboxylic acids is 4. The van der Waals surface area contributed by atoms with Crippen LogP contribution in [0.5, 0.6) is 11.5 Å². The first-order valence-electron chi connectivity index (χ1n) is 20.1. The molecule has 66 heavy (non-hydrogen) atoms. The highest BCUT2D eigenvalue weighted by Crippen LogP contribution is 2.43. The molecule has 0 aromatic heterocycles. The van der Waals surface area contributed by atoms with E-state index in [0.717, 1.165) is 55.9 Å². The number of hydrogen-bond donors (Lipinski definition) is 11. The number of nitrogens with zero attached hydrogens (tertiary/aromatic N) is 1. The fraction of sp³-hybridized carbons (Fsp3) is 0.425. The van der Waals surface area contributed by atoms with E-state index < -0.39 is 70.2 Å². The summed E-state index contributed by atoms with van der Waals surface area (Å²) in [7, 11) is 2.32. The van der Waals surface area contributed by atoms with Crippen LogP contribution in [-0.4, -0.2) is 87.8 Å². The van der Waals surface area contributed by atoms with Gasteiger partial charge in [0.2, 0.25) is 11.8 Å². The molecule has 0 heterocycles. The molecule has 3 rings (SSSR count). The van der Waals surface area contributed by atoms with Gasteiger partial charge in [0.25, 0.3) is 11.8 Å². The third-order valence-corrected chi connectivity index (χ3v) is 11.3. The number of ether oxygens (including phenoxy) is 2. The molecule has 26 heteroatoms. The lowest BCUT2D eigenvalue weighted by Crippen LogP contribution is -2.45. The van der Waals surface area contributed by atoms with Crippen LogP contribution in [0.15, 0.2) is 51.2 Å². The quantitative estimate of drug-likeness (QED) is 0.0138. The maximum absolute atomic E-state index is 14.3. The monoisotopic (exact) mass is 976 g/mol. The van der Waals surface area contributed by atoms with Gasteiger partial charge in [-0.15, -0.1) is 23.5 Å². The van der Waals surface area contributed by atoms with Gasteiger partial charge in [0, 0.05) is 50.0 Å². The van der Waals surface area contributed by atoms with Gasteiger partial charge < -0.3 is 65.1 Å². The number of thioether (sulfide) groups is 2. The number of halogens is 6. The fourth-order valence-electron chi connectivity index (χ4n) is 5.93. The average Bonchev–Trinajstić information content (AvgIpc) is 3.23. The van der Waals surface area contributed by atoms with E-state index >= 15 is 0 Å². The van der Waals surface area contributed by atoms with E-state index in [4.69, 9.17) is 43.9 Å². The summed E-state index contributed by atoms with van der Waals surface area (Å²) >= 11 is 1.89. The lowest BCUT2D eigenvalue weighted by atomic mass is 10.1. The number of guanidine groups is 1. The lowest BCUT2D eigenvalue weighted by Gasteiger charge is -2.21. The van der Waals surface area contributed by atoms with Crippen molar-refractivity contribution in [2.24, 2.45) is 39.4 Å². The highest BCUT2D eigenvalue weighted by atomic mass is 32.2. The van der Waals surface area contributed by atoms with Gasteiger partial charge in [0.05, 0.1) is 69.0 Å². The molecular formula is C40H54F6N12O6S2. The molecule has 0 aliphatic rings. The Morgan fingerprint density at radius 1 is 0.636 bits per heavy atom. The summed E-state index contributed by atoms with van der Waals surface area (Å²) in [6, 6.07) is 4.85. The maximum atomic E-state index is 14.3. The number of benzene rings is 3. The predicted octanol–water partition coefficient (Wildman–Crippen LogP) is 4.63. The molecule has 0 fully saturated rings. The molecular weight excluding hydrogens is 923 g/mol. The molecule has 0 spiro atoms. The smallest absolute Gasteiger partial charge is 0.416 e. The summed E-state index contributed by atoms with van der Waals surface area (Å²) in [5.41, 5.74) is 28.3. The van der Waals surface area contributed by atoms with Crippen molar-refractivity contribution in [2.45, 2.75) is 67.0 Å². The van der Waals surface area contributed by atoms with Crippen molar-refractivity contribution >= 4 is 75.9 Å². The molecule has 18 nitrogen and oxygen atoms in total. The highest BCUT2D eigenvalue weighted by Gasteiger charge is 2.35. The summed E-state index contributed by atoms with van der Waals surface area (Å²) in [6.45, 7) is 0.712. The second kappa shape index (κ2) is 26.0. The minimum atomic E-state index is -4.95. The van der Waals surface area contributed by atoms with Crippen molar-refractivity contribution in [2.75, 3.05) is 73.2 Å². The van der Waals surface area contributed by atoms with Crippen molar-refractivity contribution in [3.8, 4) is 11.5 Å². The van der Waals surface area contributed by atoms with E-state index in [-0.39, 0.29) is 94.7 Å². The van der Waals surface area contributed by atoms with Gasteiger partial charge in [-0.2, -0.15) is 26.3 Å². The van der Waals surface area contributed by atoms with Crippen LogP contribution in [0.2, 0.25) is 0 Å². The Labute approximate surface area is 384 Å². The zero-order chi connectivity index (χ0) is 49.2. The number of carbonyl (C=O) groups is 4. The van der Waals surface area contributed by atoms with Crippen LogP contribution >= 0.6 is 23.5 Å². The Kier molecular flexibility index (Phi) is 21.6. The zero-order valence-corrected chi connectivity index (χ0v) is 37.6. The second-order valence-corrected chi connectivity index (χ2v) is 16.2. The SMILES string of the molecule is COc1cc(OC)c(C(=O)Nc2cc(C(F)(F)F)cc(NC(=O)CCCCNC(N)N)c2SCCN)cc1C(=O)Nc1cc(C(F)(F)F)cc(NC(=O)CCCCN=C(N)N)c1SCCN. The molecule has 0 aliphatic heterocycles. The van der Waals surface area contributed by atoms with Gasteiger partial charge in [0.15, 0.2) is 5.96 Å². The molecule has 3 aromatic rings. The zero-order valence-electron chi connectivity index (χ0n) is 36.0. The number of amides is 4. The number of hydrogen-bond acceptors (Lipinski definition) is 14. The molecule has 0 saturated heterocycles. The van der Waals surface area contributed by atoms with Crippen LogP contribution in [0.25, 0.3) is 0 Å². The van der Waals surface area contributed by atoms with Gasteiger partial charge >= 0.3 is 12.4 Å². The molecule has 17 N–H and O–H groups in total. The molecule has 364 valence electrons. The Bertz CT molecular complexity index is 2190. The van der Waals surface area contributed by atoms with Crippen molar-refractivity contribution in [3.63, 3.8) is 0 Å². The molecule has 3 aromatic carbocycles. The highest BCUT2D eigenvalue weighted by molar-refractivity contribution is 7.99. The van der Waals surface area contributed by atoms with E-state index in [0.29, 0.717) is 44.0 Å². The van der Waals surface area contributed by atoms with E-state index in [1.54, 1.807) is 0 Å². The summed E-state index contributed by atoms with van der Waals surface area (Å²) in [4.78, 5) is 58.0. The Morgan fingerprint density at radius 2 is 1.05 bits per heavy atom. The van der Waals surface area contributed by atoms with Crippen LogP contribution in [0.4, 0.5) is 49.1 Å². The Balaban J connectivity index is 2.09. The van der Waals surface area contributed by atoms with Gasteiger partial charge in [0.1, 0.15) is 17.8 Å². The minimum Gasteiger partial charge on any atom is -0.496 e. The number of nitrogens with one attached hydrogen (secondary N) is 5. The number of rotatable bonds is 25. The lowest BCUT2D eigenvalue weighted by molar-refractivity contribution is -0.138.